The maximum Gasteiger partial charge on any atom is 0.312 e. The predicted octanol–water partition coefficient (Wildman–Crippen LogP) is -1.09. The van der Waals surface area contributed by atoms with Crippen molar-refractivity contribution in [3.63, 3.8) is 0 Å². The number of rotatable bonds is 9. The minimum Gasteiger partial charge on any atom is -0.357 e. The standard InChI is InChI=1S/C13H27N5O3/c1-8(2)10(15-3)12(20)18-9(11(19)16-4)6-5-7-17-13(14)21/h8-10,15H,5-7H2,1-4H3,(H,16,19)(H,18,20)(H3,14,17,21)/t9-,10-/m0/s1. The zero-order chi connectivity index (χ0) is 16.4. The van der Waals surface area contributed by atoms with E-state index in [2.05, 4.69) is 21.3 Å². The van der Waals surface area contributed by atoms with Crippen LogP contribution in [0.4, 0.5) is 4.79 Å². The van der Waals surface area contributed by atoms with Crippen molar-refractivity contribution in [2.75, 3.05) is 20.6 Å². The molecule has 0 aromatic carbocycles. The molecule has 122 valence electrons. The molecule has 6 N–H and O–H groups in total. The third-order valence-electron chi connectivity index (χ3n) is 3.11. The summed E-state index contributed by atoms with van der Waals surface area (Å²) < 4.78 is 0. The maximum atomic E-state index is 12.1. The third-order valence-corrected chi connectivity index (χ3v) is 3.11. The normalized spacial score (nSPS) is 13.4. The molecule has 0 aromatic heterocycles. The van der Waals surface area contributed by atoms with Crippen LogP contribution in [0.1, 0.15) is 26.7 Å². The fourth-order valence-corrected chi connectivity index (χ4v) is 1.99. The van der Waals surface area contributed by atoms with Crippen LogP contribution in [0.2, 0.25) is 0 Å². The van der Waals surface area contributed by atoms with Gasteiger partial charge in [0.1, 0.15) is 6.04 Å². The van der Waals surface area contributed by atoms with E-state index in [1.165, 1.54) is 7.05 Å². The van der Waals surface area contributed by atoms with Gasteiger partial charge in [0.25, 0.3) is 0 Å². The van der Waals surface area contributed by atoms with Gasteiger partial charge in [-0.1, -0.05) is 13.8 Å². The smallest absolute Gasteiger partial charge is 0.312 e. The summed E-state index contributed by atoms with van der Waals surface area (Å²) in [7, 11) is 3.22. The molecular weight excluding hydrogens is 274 g/mol. The van der Waals surface area contributed by atoms with Gasteiger partial charge in [0.15, 0.2) is 0 Å². The van der Waals surface area contributed by atoms with E-state index in [-0.39, 0.29) is 23.8 Å². The number of nitrogens with one attached hydrogen (secondary N) is 4. The molecule has 0 unspecified atom stereocenters. The van der Waals surface area contributed by atoms with E-state index < -0.39 is 12.1 Å². The fraction of sp³-hybridized carbons (Fsp3) is 0.769. The van der Waals surface area contributed by atoms with Crippen LogP contribution in [-0.4, -0.2) is 50.6 Å². The Kier molecular flexibility index (Phi) is 9.11. The van der Waals surface area contributed by atoms with Crippen molar-refractivity contribution in [3.05, 3.63) is 0 Å². The number of amides is 4. The van der Waals surface area contributed by atoms with Crippen LogP contribution in [0, 0.1) is 5.92 Å². The highest BCUT2D eigenvalue weighted by Crippen LogP contribution is 2.04. The van der Waals surface area contributed by atoms with Gasteiger partial charge in [0, 0.05) is 13.6 Å². The van der Waals surface area contributed by atoms with Gasteiger partial charge in [0.2, 0.25) is 11.8 Å². The Hall–Kier alpha value is -1.83. The average Bonchev–Trinajstić information content (AvgIpc) is 2.41. The molecule has 0 radical (unpaired) electrons. The van der Waals surface area contributed by atoms with Crippen molar-refractivity contribution in [2.45, 2.75) is 38.8 Å². The molecule has 21 heavy (non-hydrogen) atoms. The van der Waals surface area contributed by atoms with E-state index >= 15 is 0 Å². The van der Waals surface area contributed by atoms with Gasteiger partial charge in [0.05, 0.1) is 6.04 Å². The van der Waals surface area contributed by atoms with Crippen LogP contribution in [0.3, 0.4) is 0 Å². The zero-order valence-corrected chi connectivity index (χ0v) is 13.2. The van der Waals surface area contributed by atoms with Gasteiger partial charge in [-0.15, -0.1) is 0 Å². The molecule has 0 rings (SSSR count). The lowest BCUT2D eigenvalue weighted by Gasteiger charge is -2.23. The number of hydrogen-bond donors (Lipinski definition) is 5. The number of hydrogen-bond acceptors (Lipinski definition) is 4. The molecule has 0 heterocycles. The van der Waals surface area contributed by atoms with E-state index in [1.807, 2.05) is 13.8 Å². The molecule has 0 fully saturated rings. The first-order chi connectivity index (χ1) is 9.83. The molecule has 0 aliphatic heterocycles. The Morgan fingerprint density at radius 1 is 1.10 bits per heavy atom. The lowest BCUT2D eigenvalue weighted by atomic mass is 10.0. The summed E-state index contributed by atoms with van der Waals surface area (Å²) in [6.07, 6.45) is 0.952. The van der Waals surface area contributed by atoms with Crippen LogP contribution >= 0.6 is 0 Å². The van der Waals surface area contributed by atoms with Crippen LogP contribution in [0.25, 0.3) is 0 Å². The molecule has 0 aliphatic carbocycles. The molecule has 8 heteroatoms. The Bertz CT molecular complexity index is 360. The zero-order valence-electron chi connectivity index (χ0n) is 13.2. The van der Waals surface area contributed by atoms with Crippen molar-refractivity contribution in [2.24, 2.45) is 11.7 Å². The van der Waals surface area contributed by atoms with Crippen LogP contribution < -0.4 is 27.0 Å². The van der Waals surface area contributed by atoms with Crippen LogP contribution in [0.5, 0.6) is 0 Å². The molecule has 0 bridgehead atoms. The summed E-state index contributed by atoms with van der Waals surface area (Å²) >= 11 is 0. The monoisotopic (exact) mass is 301 g/mol. The number of likely N-dealkylation sites (N-methyl/N-ethyl adjacent to an activating group) is 2. The molecular formula is C13H27N5O3. The SMILES string of the molecule is CNC(=O)[C@H](CCCNC(N)=O)NC(=O)[C@@H](NC)C(C)C. The first kappa shape index (κ1) is 19.2. The summed E-state index contributed by atoms with van der Waals surface area (Å²) in [5.74, 6) is -0.373. The van der Waals surface area contributed by atoms with Gasteiger partial charge < -0.3 is 27.0 Å². The number of nitrogens with two attached hydrogens (primary N) is 1. The second-order valence-corrected chi connectivity index (χ2v) is 5.12. The first-order valence-electron chi connectivity index (χ1n) is 7.06. The number of carbonyl (C=O) groups is 3. The second kappa shape index (κ2) is 9.98. The summed E-state index contributed by atoms with van der Waals surface area (Å²) in [5.41, 5.74) is 4.96. The molecule has 0 saturated carbocycles. The predicted molar refractivity (Wildman–Crippen MR) is 80.5 cm³/mol. The number of primary amides is 1. The molecule has 8 nitrogen and oxygen atoms in total. The lowest BCUT2D eigenvalue weighted by molar-refractivity contribution is -0.130. The largest absolute Gasteiger partial charge is 0.357 e. The fourth-order valence-electron chi connectivity index (χ4n) is 1.99. The highest BCUT2D eigenvalue weighted by molar-refractivity contribution is 5.89. The van der Waals surface area contributed by atoms with Crippen LogP contribution in [0.15, 0.2) is 0 Å². The van der Waals surface area contributed by atoms with Gasteiger partial charge in [-0.3, -0.25) is 9.59 Å². The molecule has 0 aromatic rings. The third kappa shape index (κ3) is 7.50. The van der Waals surface area contributed by atoms with E-state index in [0.717, 1.165) is 0 Å². The van der Waals surface area contributed by atoms with Crippen molar-refractivity contribution in [1.82, 2.24) is 21.3 Å². The van der Waals surface area contributed by atoms with Gasteiger partial charge in [-0.25, -0.2) is 4.79 Å². The molecule has 0 spiro atoms. The summed E-state index contributed by atoms with van der Waals surface area (Å²) in [6.45, 7) is 4.21. The Labute approximate surface area is 125 Å². The summed E-state index contributed by atoms with van der Waals surface area (Å²) in [6, 6.07) is -1.60. The van der Waals surface area contributed by atoms with Crippen molar-refractivity contribution >= 4 is 17.8 Å². The second-order valence-electron chi connectivity index (χ2n) is 5.12. The Balaban J connectivity index is 4.51. The average molecular weight is 301 g/mol. The van der Waals surface area contributed by atoms with Crippen molar-refractivity contribution in [3.8, 4) is 0 Å². The maximum absolute atomic E-state index is 12.1. The minimum absolute atomic E-state index is 0.108. The first-order valence-corrected chi connectivity index (χ1v) is 7.06. The highest BCUT2D eigenvalue weighted by atomic mass is 16.2. The lowest BCUT2D eigenvalue weighted by Crippen LogP contribution is -2.53. The summed E-state index contributed by atoms with van der Waals surface area (Å²) in [4.78, 5) is 34.5. The van der Waals surface area contributed by atoms with Crippen LogP contribution in [-0.2, 0) is 9.59 Å². The van der Waals surface area contributed by atoms with Crippen molar-refractivity contribution < 1.29 is 14.4 Å². The number of urea groups is 1. The quantitative estimate of drug-likeness (QED) is 0.347. The topological polar surface area (TPSA) is 125 Å². The van der Waals surface area contributed by atoms with E-state index in [9.17, 15) is 14.4 Å². The van der Waals surface area contributed by atoms with Crippen molar-refractivity contribution in [1.29, 1.82) is 0 Å². The molecule has 2 atom stereocenters. The Morgan fingerprint density at radius 3 is 2.14 bits per heavy atom. The molecule has 4 amide bonds. The molecule has 0 aliphatic rings. The number of carbonyl (C=O) groups excluding carboxylic acids is 3. The van der Waals surface area contributed by atoms with Gasteiger partial charge in [-0.05, 0) is 25.8 Å². The summed E-state index contributed by atoms with van der Waals surface area (Å²) in [5, 5.41) is 10.6. The van der Waals surface area contributed by atoms with Gasteiger partial charge >= 0.3 is 6.03 Å². The highest BCUT2D eigenvalue weighted by Gasteiger charge is 2.25. The van der Waals surface area contributed by atoms with Gasteiger partial charge in [-0.2, -0.15) is 0 Å². The van der Waals surface area contributed by atoms with E-state index in [4.69, 9.17) is 5.73 Å². The molecule has 0 saturated heterocycles. The Morgan fingerprint density at radius 2 is 1.71 bits per heavy atom. The van der Waals surface area contributed by atoms with E-state index in [1.54, 1.807) is 7.05 Å². The van der Waals surface area contributed by atoms with E-state index in [0.29, 0.717) is 19.4 Å². The minimum atomic E-state index is -0.633.